The third-order valence-corrected chi connectivity index (χ3v) is 5.57. The van der Waals surface area contributed by atoms with E-state index in [-0.39, 0.29) is 36.1 Å². The number of piperidine rings is 1. The predicted molar refractivity (Wildman–Crippen MR) is 128 cm³/mol. The Morgan fingerprint density at radius 3 is 2.45 bits per heavy atom. The third-order valence-electron chi connectivity index (χ3n) is 5.57. The summed E-state index contributed by atoms with van der Waals surface area (Å²) in [5.74, 6) is 0.767. The Morgan fingerprint density at radius 2 is 1.87 bits per heavy atom. The molecule has 2 aromatic rings. The summed E-state index contributed by atoms with van der Waals surface area (Å²) in [6, 6.07) is 7.67. The van der Waals surface area contributed by atoms with Crippen molar-refractivity contribution in [2.24, 2.45) is 5.41 Å². The average Bonchev–Trinajstić information content (AvgIpc) is 2.73. The maximum absolute atomic E-state index is 12.8. The summed E-state index contributed by atoms with van der Waals surface area (Å²) in [6.07, 6.45) is 5.54. The average molecular weight is 470 g/mol. The van der Waals surface area contributed by atoms with Crippen molar-refractivity contribution < 1.29 is 14.3 Å². The van der Waals surface area contributed by atoms with Crippen LogP contribution in [-0.4, -0.2) is 44.2 Å². The van der Waals surface area contributed by atoms with Gasteiger partial charge in [0.15, 0.2) is 0 Å². The number of pyridine rings is 1. The number of methoxy groups -OCH3 is 1. The minimum atomic E-state index is -0.0518. The normalized spacial score (nSPS) is 14.7. The van der Waals surface area contributed by atoms with Crippen molar-refractivity contribution in [3.63, 3.8) is 0 Å². The van der Waals surface area contributed by atoms with Gasteiger partial charge in [0.05, 0.1) is 6.61 Å². The van der Waals surface area contributed by atoms with Gasteiger partial charge < -0.3 is 20.1 Å². The molecule has 6 nitrogen and oxygen atoms in total. The van der Waals surface area contributed by atoms with Gasteiger partial charge in [-0.1, -0.05) is 6.07 Å². The molecule has 1 saturated heterocycles. The molecule has 0 spiro atoms. The lowest BCUT2D eigenvalue weighted by atomic mass is 9.79. The zero-order valence-electron chi connectivity index (χ0n) is 18.4. The van der Waals surface area contributed by atoms with Crippen molar-refractivity contribution in [2.45, 2.75) is 33.3 Å². The van der Waals surface area contributed by atoms with E-state index in [1.165, 1.54) is 0 Å². The first-order valence-electron chi connectivity index (χ1n) is 10.1. The second kappa shape index (κ2) is 12.9. The number of amides is 1. The summed E-state index contributed by atoms with van der Waals surface area (Å²) >= 11 is 0. The van der Waals surface area contributed by atoms with E-state index in [4.69, 9.17) is 9.47 Å². The number of nitrogens with zero attached hydrogens (tertiary/aromatic N) is 1. The van der Waals surface area contributed by atoms with Gasteiger partial charge >= 0.3 is 0 Å². The molecule has 0 radical (unpaired) electrons. The molecule has 8 heteroatoms. The number of halogens is 2. The number of benzene rings is 1. The van der Waals surface area contributed by atoms with Crippen LogP contribution >= 0.6 is 24.8 Å². The van der Waals surface area contributed by atoms with Crippen molar-refractivity contribution in [1.82, 2.24) is 15.6 Å². The molecule has 0 atom stereocenters. The molecule has 2 N–H and O–H groups in total. The van der Waals surface area contributed by atoms with Gasteiger partial charge in [0, 0.05) is 42.6 Å². The number of aromatic nitrogens is 1. The number of rotatable bonds is 8. The molecule has 1 amide bonds. The Morgan fingerprint density at radius 1 is 1.19 bits per heavy atom. The quantitative estimate of drug-likeness (QED) is 0.613. The van der Waals surface area contributed by atoms with Gasteiger partial charge in [-0.25, -0.2) is 0 Å². The Hall–Kier alpha value is -1.86. The maximum Gasteiger partial charge on any atom is 0.251 e. The highest BCUT2D eigenvalue weighted by Crippen LogP contribution is 2.29. The van der Waals surface area contributed by atoms with Gasteiger partial charge in [-0.05, 0) is 69.1 Å². The summed E-state index contributed by atoms with van der Waals surface area (Å²) in [4.78, 5) is 16.9. The van der Waals surface area contributed by atoms with Crippen LogP contribution in [0.2, 0.25) is 0 Å². The van der Waals surface area contributed by atoms with Crippen LogP contribution in [0.3, 0.4) is 0 Å². The zero-order valence-corrected chi connectivity index (χ0v) is 20.0. The van der Waals surface area contributed by atoms with E-state index in [2.05, 4.69) is 15.6 Å². The number of carbonyl (C=O) groups is 1. The van der Waals surface area contributed by atoms with Crippen molar-refractivity contribution >= 4 is 30.7 Å². The van der Waals surface area contributed by atoms with E-state index in [0.717, 1.165) is 48.4 Å². The molecular weight excluding hydrogens is 437 g/mol. The van der Waals surface area contributed by atoms with Crippen molar-refractivity contribution in [3.05, 3.63) is 58.9 Å². The SMILES string of the molecule is COCC1(CNC(=O)c2cc(C)c(OCc3cccnc3)c(C)c2)CCNCC1.Cl.Cl. The minimum absolute atomic E-state index is 0. The van der Waals surface area contributed by atoms with E-state index in [9.17, 15) is 4.79 Å². The van der Waals surface area contributed by atoms with Gasteiger partial charge in [0.25, 0.3) is 5.91 Å². The molecule has 0 unspecified atom stereocenters. The first kappa shape index (κ1) is 27.2. The number of carbonyl (C=O) groups excluding carboxylic acids is 1. The molecule has 1 aliphatic heterocycles. The van der Waals surface area contributed by atoms with E-state index in [1.807, 2.05) is 38.1 Å². The molecule has 1 aliphatic rings. The van der Waals surface area contributed by atoms with Crippen LogP contribution < -0.4 is 15.4 Å². The highest BCUT2D eigenvalue weighted by molar-refractivity contribution is 5.95. The number of hydrogen-bond donors (Lipinski definition) is 2. The monoisotopic (exact) mass is 469 g/mol. The molecular formula is C23H33Cl2N3O3. The summed E-state index contributed by atoms with van der Waals surface area (Å²) in [6.45, 7) is 7.60. The number of aryl methyl sites for hydroxylation is 2. The fraction of sp³-hybridized carbons (Fsp3) is 0.478. The zero-order chi connectivity index (χ0) is 20.7. The van der Waals surface area contributed by atoms with E-state index in [1.54, 1.807) is 19.5 Å². The smallest absolute Gasteiger partial charge is 0.251 e. The second-order valence-corrected chi connectivity index (χ2v) is 7.95. The second-order valence-electron chi connectivity index (χ2n) is 7.95. The standard InChI is InChI=1S/C23H31N3O3.2ClH/c1-17-11-20(12-18(2)21(17)29-14-19-5-4-8-25-13-19)22(27)26-15-23(16-28-3)6-9-24-10-7-23;;/h4-5,8,11-13,24H,6-7,9-10,14-16H2,1-3H3,(H,26,27);2*1H. The van der Waals surface area contributed by atoms with Crippen molar-refractivity contribution in [2.75, 3.05) is 33.4 Å². The fourth-order valence-electron chi connectivity index (χ4n) is 3.95. The van der Waals surface area contributed by atoms with Crippen LogP contribution in [0.1, 0.15) is 39.9 Å². The summed E-state index contributed by atoms with van der Waals surface area (Å²) in [7, 11) is 1.72. The third kappa shape index (κ3) is 7.35. The molecule has 31 heavy (non-hydrogen) atoms. The Labute approximate surface area is 197 Å². The van der Waals surface area contributed by atoms with Crippen LogP contribution in [0.15, 0.2) is 36.7 Å². The van der Waals surface area contributed by atoms with Crippen LogP contribution in [0.4, 0.5) is 0 Å². The first-order chi connectivity index (χ1) is 14.0. The number of hydrogen-bond acceptors (Lipinski definition) is 5. The fourth-order valence-corrected chi connectivity index (χ4v) is 3.95. The molecule has 0 aliphatic carbocycles. The molecule has 1 aromatic carbocycles. The van der Waals surface area contributed by atoms with E-state index >= 15 is 0 Å². The first-order valence-corrected chi connectivity index (χ1v) is 10.1. The summed E-state index contributed by atoms with van der Waals surface area (Å²) in [5, 5.41) is 6.51. The lowest BCUT2D eigenvalue weighted by molar-refractivity contribution is 0.0511. The molecule has 0 saturated carbocycles. The van der Waals surface area contributed by atoms with E-state index < -0.39 is 0 Å². The van der Waals surface area contributed by atoms with Crippen LogP contribution in [0.25, 0.3) is 0 Å². The van der Waals surface area contributed by atoms with E-state index in [0.29, 0.717) is 25.3 Å². The van der Waals surface area contributed by atoms with Gasteiger partial charge in [-0.2, -0.15) is 0 Å². The topological polar surface area (TPSA) is 72.5 Å². The Bertz CT molecular complexity index is 800. The van der Waals surface area contributed by atoms with Crippen LogP contribution in [-0.2, 0) is 11.3 Å². The highest BCUT2D eigenvalue weighted by atomic mass is 35.5. The number of ether oxygens (including phenoxy) is 2. The molecule has 0 bridgehead atoms. The minimum Gasteiger partial charge on any atom is -0.488 e. The lowest BCUT2D eigenvalue weighted by Crippen LogP contribution is -2.47. The van der Waals surface area contributed by atoms with Crippen molar-refractivity contribution in [1.29, 1.82) is 0 Å². The number of nitrogens with one attached hydrogen (secondary N) is 2. The Kier molecular flexibility index (Phi) is 11.3. The predicted octanol–water partition coefficient (Wildman–Crippen LogP) is 3.87. The van der Waals surface area contributed by atoms with Gasteiger partial charge in [0.1, 0.15) is 12.4 Å². The lowest BCUT2D eigenvalue weighted by Gasteiger charge is -2.37. The summed E-state index contributed by atoms with van der Waals surface area (Å²) in [5.41, 5.74) is 3.58. The largest absolute Gasteiger partial charge is 0.488 e. The maximum atomic E-state index is 12.8. The van der Waals surface area contributed by atoms with Crippen LogP contribution in [0.5, 0.6) is 5.75 Å². The van der Waals surface area contributed by atoms with Gasteiger partial charge in [-0.3, -0.25) is 9.78 Å². The summed E-state index contributed by atoms with van der Waals surface area (Å²) < 4.78 is 11.4. The molecule has 172 valence electrons. The molecule has 1 fully saturated rings. The molecule has 3 rings (SSSR count). The molecule has 1 aromatic heterocycles. The van der Waals surface area contributed by atoms with Gasteiger partial charge in [0.2, 0.25) is 0 Å². The van der Waals surface area contributed by atoms with Crippen molar-refractivity contribution in [3.8, 4) is 5.75 Å². The van der Waals surface area contributed by atoms with Crippen LogP contribution in [0, 0.1) is 19.3 Å². The van der Waals surface area contributed by atoms with Gasteiger partial charge in [-0.15, -0.1) is 24.8 Å². The molecule has 2 heterocycles. The Balaban J connectivity index is 0.00000240. The highest BCUT2D eigenvalue weighted by Gasteiger charge is 2.32.